The molecule has 0 aromatic heterocycles. The van der Waals surface area contributed by atoms with Crippen molar-refractivity contribution in [1.82, 2.24) is 0 Å². The first-order chi connectivity index (χ1) is 9.30. The number of aliphatic carboxylic acids is 2. The number of carboxylic acids is 2. The van der Waals surface area contributed by atoms with Crippen LogP contribution in [0.2, 0.25) is 0 Å². The first-order valence-electron chi connectivity index (χ1n) is 5.69. The molecule has 8 heteroatoms. The molecule has 0 spiro atoms. The molecule has 0 bridgehead atoms. The molecule has 0 amide bonds. The summed E-state index contributed by atoms with van der Waals surface area (Å²) >= 11 is 0. The maximum absolute atomic E-state index is 11.8. The second-order valence-corrected chi connectivity index (χ2v) is 8.40. The second-order valence-electron chi connectivity index (χ2n) is 4.02. The maximum atomic E-state index is 11.8. The number of carbonyl (C=O) groups is 2. The lowest BCUT2D eigenvalue weighted by atomic mass is 10.2. The van der Waals surface area contributed by atoms with Crippen LogP contribution in [0.25, 0.3) is 0 Å². The van der Waals surface area contributed by atoms with Crippen molar-refractivity contribution in [3.8, 4) is 0 Å². The molecule has 0 aliphatic heterocycles. The minimum atomic E-state index is -3.70. The standard InChI is InChI=1S/C12H14O6S2/c13-11(14)8-10(12(15)16)19-20(17,18)7-6-9-4-2-1-3-5-9/h1-5,10H,6-8H2,(H,13,14)(H,15,16). The molecule has 1 aromatic rings. The van der Waals surface area contributed by atoms with Gasteiger partial charge < -0.3 is 10.2 Å². The van der Waals surface area contributed by atoms with Gasteiger partial charge in [-0.1, -0.05) is 30.3 Å². The molecular weight excluding hydrogens is 304 g/mol. The van der Waals surface area contributed by atoms with Gasteiger partial charge in [-0.25, -0.2) is 8.42 Å². The molecule has 1 atom stereocenters. The van der Waals surface area contributed by atoms with Gasteiger partial charge in [0.1, 0.15) is 5.25 Å². The van der Waals surface area contributed by atoms with Crippen LogP contribution in [0.1, 0.15) is 12.0 Å². The summed E-state index contributed by atoms with van der Waals surface area (Å²) in [5, 5.41) is 15.9. The highest BCUT2D eigenvalue weighted by atomic mass is 33.1. The van der Waals surface area contributed by atoms with Gasteiger partial charge in [-0.15, -0.1) is 0 Å². The third kappa shape index (κ3) is 6.07. The molecule has 1 rings (SSSR count). The van der Waals surface area contributed by atoms with Crippen LogP contribution in [-0.4, -0.2) is 41.6 Å². The van der Waals surface area contributed by atoms with Gasteiger partial charge in [-0.3, -0.25) is 9.59 Å². The predicted molar refractivity (Wildman–Crippen MR) is 75.2 cm³/mol. The van der Waals surface area contributed by atoms with Crippen molar-refractivity contribution < 1.29 is 28.2 Å². The summed E-state index contributed by atoms with van der Waals surface area (Å²) in [5.74, 6) is -3.02. The fraction of sp³-hybridized carbons (Fsp3) is 0.333. The van der Waals surface area contributed by atoms with Crippen molar-refractivity contribution in [2.45, 2.75) is 18.1 Å². The third-order valence-corrected chi connectivity index (χ3v) is 6.06. The molecule has 0 fully saturated rings. The Kier molecular flexibility index (Phi) is 6.03. The highest BCUT2D eigenvalue weighted by Crippen LogP contribution is 2.24. The van der Waals surface area contributed by atoms with Crippen molar-refractivity contribution >= 4 is 31.6 Å². The predicted octanol–water partition coefficient (Wildman–Crippen LogP) is 1.22. The highest BCUT2D eigenvalue weighted by molar-refractivity contribution is 8.72. The number of rotatable bonds is 8. The number of hydrogen-bond acceptors (Lipinski definition) is 5. The van der Waals surface area contributed by atoms with E-state index in [1.165, 1.54) is 0 Å². The molecule has 0 radical (unpaired) electrons. The lowest BCUT2D eigenvalue weighted by molar-refractivity contribution is -0.142. The van der Waals surface area contributed by atoms with E-state index in [1.54, 1.807) is 30.3 Å². The lowest BCUT2D eigenvalue weighted by Crippen LogP contribution is -2.23. The number of hydrogen-bond donors (Lipinski definition) is 2. The van der Waals surface area contributed by atoms with Crippen LogP contribution in [0.15, 0.2) is 30.3 Å². The van der Waals surface area contributed by atoms with E-state index in [9.17, 15) is 18.0 Å². The number of carboxylic acid groups (broad SMARTS) is 2. The third-order valence-electron chi connectivity index (χ3n) is 2.38. The van der Waals surface area contributed by atoms with Gasteiger partial charge in [0.2, 0.25) is 8.87 Å². The molecular formula is C12H14O6S2. The first-order valence-corrected chi connectivity index (χ1v) is 8.74. The molecule has 0 saturated heterocycles. The smallest absolute Gasteiger partial charge is 0.318 e. The monoisotopic (exact) mass is 318 g/mol. The van der Waals surface area contributed by atoms with E-state index < -0.39 is 32.5 Å². The summed E-state index contributed by atoms with van der Waals surface area (Å²) in [6, 6.07) is 8.90. The van der Waals surface area contributed by atoms with Gasteiger partial charge in [-0.2, -0.15) is 0 Å². The average molecular weight is 318 g/mol. The topological polar surface area (TPSA) is 109 Å². The van der Waals surface area contributed by atoms with E-state index in [1.807, 2.05) is 0 Å². The van der Waals surface area contributed by atoms with Crippen molar-refractivity contribution in [2.75, 3.05) is 5.75 Å². The molecule has 0 aliphatic carbocycles. The lowest BCUT2D eigenvalue weighted by Gasteiger charge is -2.09. The second kappa shape index (κ2) is 7.30. The zero-order chi connectivity index (χ0) is 15.2. The van der Waals surface area contributed by atoms with Gasteiger partial charge in [0.15, 0.2) is 0 Å². The molecule has 0 aliphatic rings. The Morgan fingerprint density at radius 2 is 1.75 bits per heavy atom. The van der Waals surface area contributed by atoms with Crippen LogP contribution in [0.3, 0.4) is 0 Å². The zero-order valence-corrected chi connectivity index (χ0v) is 12.1. The van der Waals surface area contributed by atoms with Crippen LogP contribution in [0.5, 0.6) is 0 Å². The molecule has 20 heavy (non-hydrogen) atoms. The normalized spacial score (nSPS) is 12.8. The quantitative estimate of drug-likeness (QED) is 0.694. The molecule has 0 saturated carbocycles. The Bertz CT molecular complexity index is 567. The molecule has 1 unspecified atom stereocenters. The van der Waals surface area contributed by atoms with Gasteiger partial charge in [0.05, 0.1) is 12.2 Å². The summed E-state index contributed by atoms with van der Waals surface area (Å²) in [7, 11) is -3.50. The van der Waals surface area contributed by atoms with Crippen LogP contribution in [0.4, 0.5) is 0 Å². The highest BCUT2D eigenvalue weighted by Gasteiger charge is 2.28. The van der Waals surface area contributed by atoms with Crippen LogP contribution in [0, 0.1) is 0 Å². The maximum Gasteiger partial charge on any atom is 0.318 e. The van der Waals surface area contributed by atoms with Crippen molar-refractivity contribution in [3.63, 3.8) is 0 Å². The Balaban J connectivity index is 2.63. The summed E-state index contributed by atoms with van der Waals surface area (Å²) in [5.41, 5.74) is 0.821. The molecule has 6 nitrogen and oxygen atoms in total. The van der Waals surface area contributed by atoms with Crippen LogP contribution in [-0.2, 0) is 24.9 Å². The van der Waals surface area contributed by atoms with E-state index in [-0.39, 0.29) is 23.0 Å². The van der Waals surface area contributed by atoms with Crippen LogP contribution >= 0.6 is 10.8 Å². The van der Waals surface area contributed by atoms with Gasteiger partial charge >= 0.3 is 11.9 Å². The molecule has 110 valence electrons. The Morgan fingerprint density at radius 3 is 2.25 bits per heavy atom. The van der Waals surface area contributed by atoms with Crippen molar-refractivity contribution in [2.24, 2.45) is 0 Å². The van der Waals surface area contributed by atoms with Gasteiger partial charge in [-0.05, 0) is 22.8 Å². The van der Waals surface area contributed by atoms with Crippen LogP contribution < -0.4 is 0 Å². The fourth-order valence-electron chi connectivity index (χ4n) is 1.43. The SMILES string of the molecule is O=C(O)CC(SS(=O)(=O)CCc1ccccc1)C(=O)O. The molecule has 0 heterocycles. The summed E-state index contributed by atoms with van der Waals surface area (Å²) in [6.45, 7) is 0. The minimum absolute atomic E-state index is 0.195. The van der Waals surface area contributed by atoms with Gasteiger partial charge in [0, 0.05) is 0 Å². The van der Waals surface area contributed by atoms with Crippen molar-refractivity contribution in [1.29, 1.82) is 0 Å². The molecule has 2 N–H and O–H groups in total. The Labute approximate surface area is 120 Å². The van der Waals surface area contributed by atoms with Gasteiger partial charge in [0.25, 0.3) is 0 Å². The first kappa shape index (κ1) is 16.5. The summed E-state index contributed by atoms with van der Waals surface area (Å²) in [4.78, 5) is 21.3. The zero-order valence-electron chi connectivity index (χ0n) is 10.4. The fourth-order valence-corrected chi connectivity index (χ4v) is 4.71. The van der Waals surface area contributed by atoms with E-state index >= 15 is 0 Å². The van der Waals surface area contributed by atoms with E-state index in [0.29, 0.717) is 0 Å². The average Bonchev–Trinajstić information content (AvgIpc) is 2.36. The van der Waals surface area contributed by atoms with E-state index in [4.69, 9.17) is 10.2 Å². The molecule has 1 aromatic carbocycles. The Hall–Kier alpha value is -1.54. The number of aryl methyl sites for hydroxylation is 1. The summed E-state index contributed by atoms with van der Waals surface area (Å²) < 4.78 is 23.6. The number of benzene rings is 1. The largest absolute Gasteiger partial charge is 0.481 e. The summed E-state index contributed by atoms with van der Waals surface area (Å²) in [6.07, 6.45) is -0.472. The Morgan fingerprint density at radius 1 is 1.15 bits per heavy atom. The van der Waals surface area contributed by atoms with Crippen molar-refractivity contribution in [3.05, 3.63) is 35.9 Å². The van der Waals surface area contributed by atoms with E-state index in [2.05, 4.69) is 0 Å². The van der Waals surface area contributed by atoms with E-state index in [0.717, 1.165) is 5.56 Å². The minimum Gasteiger partial charge on any atom is -0.481 e.